The summed E-state index contributed by atoms with van der Waals surface area (Å²) in [5.41, 5.74) is -0.268. The van der Waals surface area contributed by atoms with E-state index in [1.165, 1.54) is 25.7 Å². The minimum absolute atomic E-state index is 0.268. The first-order valence-electron chi connectivity index (χ1n) is 5.37. The molecule has 0 saturated heterocycles. The lowest BCUT2D eigenvalue weighted by molar-refractivity contribution is -0.162. The minimum atomic E-state index is -0.268. The molecule has 2 fully saturated rings. The lowest BCUT2D eigenvalue weighted by Crippen LogP contribution is -2.55. The van der Waals surface area contributed by atoms with E-state index < -0.39 is 0 Å². The van der Waals surface area contributed by atoms with Gasteiger partial charge in [-0.1, -0.05) is 26.7 Å². The van der Waals surface area contributed by atoms with Crippen molar-refractivity contribution in [2.45, 2.75) is 51.6 Å². The van der Waals surface area contributed by atoms with Crippen LogP contribution in [0.4, 0.5) is 0 Å². The largest absolute Gasteiger partial charge is 0.389 e. The van der Waals surface area contributed by atoms with Gasteiger partial charge in [-0.05, 0) is 37.0 Å². The first-order chi connectivity index (χ1) is 5.64. The molecule has 0 bridgehead atoms. The molecule has 12 heavy (non-hydrogen) atoms. The van der Waals surface area contributed by atoms with E-state index in [0.717, 1.165) is 12.3 Å². The third kappa shape index (κ3) is 1.02. The minimum Gasteiger partial charge on any atom is -0.389 e. The molecule has 3 unspecified atom stereocenters. The van der Waals surface area contributed by atoms with Crippen molar-refractivity contribution in [3.63, 3.8) is 0 Å². The van der Waals surface area contributed by atoms with Gasteiger partial charge in [0, 0.05) is 0 Å². The standard InChI is InChI=1S/C11H20O/c1-8-7-11(12,9(8)2)10-5-3-4-6-10/h8-10,12H,3-7H2,1-2H3. The van der Waals surface area contributed by atoms with E-state index in [1.807, 2.05) is 0 Å². The van der Waals surface area contributed by atoms with E-state index in [0.29, 0.717) is 11.8 Å². The second-order valence-electron chi connectivity index (χ2n) is 4.94. The molecular formula is C11H20O. The fourth-order valence-electron chi connectivity index (χ4n) is 3.17. The highest BCUT2D eigenvalue weighted by Crippen LogP contribution is 2.52. The second-order valence-corrected chi connectivity index (χ2v) is 4.94. The van der Waals surface area contributed by atoms with Crippen molar-refractivity contribution in [1.29, 1.82) is 0 Å². The summed E-state index contributed by atoms with van der Waals surface area (Å²) >= 11 is 0. The number of aliphatic hydroxyl groups is 1. The lowest BCUT2D eigenvalue weighted by atomic mass is 9.57. The quantitative estimate of drug-likeness (QED) is 0.638. The van der Waals surface area contributed by atoms with E-state index in [2.05, 4.69) is 13.8 Å². The average Bonchev–Trinajstić information content (AvgIpc) is 2.56. The van der Waals surface area contributed by atoms with E-state index in [-0.39, 0.29) is 5.60 Å². The predicted molar refractivity (Wildman–Crippen MR) is 49.9 cm³/mol. The average molecular weight is 168 g/mol. The molecule has 0 aromatic carbocycles. The van der Waals surface area contributed by atoms with Gasteiger partial charge in [-0.3, -0.25) is 0 Å². The summed E-state index contributed by atoms with van der Waals surface area (Å²) in [6.07, 6.45) is 6.28. The van der Waals surface area contributed by atoms with Crippen LogP contribution in [0.5, 0.6) is 0 Å². The molecule has 2 aliphatic rings. The Balaban J connectivity index is 2.02. The maximum atomic E-state index is 10.3. The molecule has 0 radical (unpaired) electrons. The van der Waals surface area contributed by atoms with Crippen molar-refractivity contribution in [2.75, 3.05) is 0 Å². The normalized spacial score (nSPS) is 49.2. The molecule has 3 atom stereocenters. The van der Waals surface area contributed by atoms with Crippen LogP contribution in [0.15, 0.2) is 0 Å². The molecular weight excluding hydrogens is 148 g/mol. The Hall–Kier alpha value is -0.0400. The van der Waals surface area contributed by atoms with Crippen LogP contribution in [0.2, 0.25) is 0 Å². The molecule has 0 aliphatic heterocycles. The van der Waals surface area contributed by atoms with Gasteiger partial charge in [0.05, 0.1) is 5.60 Å². The Morgan fingerprint density at radius 2 is 1.75 bits per heavy atom. The van der Waals surface area contributed by atoms with Crippen molar-refractivity contribution in [3.8, 4) is 0 Å². The first-order valence-corrected chi connectivity index (χ1v) is 5.37. The lowest BCUT2D eigenvalue weighted by Gasteiger charge is -2.52. The van der Waals surface area contributed by atoms with Crippen molar-refractivity contribution < 1.29 is 5.11 Å². The summed E-state index contributed by atoms with van der Waals surface area (Å²) in [6, 6.07) is 0. The summed E-state index contributed by atoms with van der Waals surface area (Å²) < 4.78 is 0. The Bertz CT molecular complexity index is 172. The summed E-state index contributed by atoms with van der Waals surface area (Å²) in [5.74, 6) is 1.92. The van der Waals surface area contributed by atoms with Crippen LogP contribution in [-0.4, -0.2) is 10.7 Å². The first kappa shape index (κ1) is 8.55. The SMILES string of the molecule is CC1CC(O)(C2CCCC2)C1C. The summed E-state index contributed by atoms with van der Waals surface area (Å²) in [6.45, 7) is 4.47. The fraction of sp³-hybridized carbons (Fsp3) is 1.00. The molecule has 0 heterocycles. The summed E-state index contributed by atoms with van der Waals surface area (Å²) in [4.78, 5) is 0. The van der Waals surface area contributed by atoms with E-state index in [1.54, 1.807) is 0 Å². The molecule has 1 nitrogen and oxygen atoms in total. The molecule has 2 aliphatic carbocycles. The van der Waals surface area contributed by atoms with Gasteiger partial charge in [0.25, 0.3) is 0 Å². The van der Waals surface area contributed by atoms with Crippen LogP contribution in [0.1, 0.15) is 46.0 Å². The molecule has 70 valence electrons. The zero-order valence-electron chi connectivity index (χ0n) is 8.21. The van der Waals surface area contributed by atoms with Crippen molar-refractivity contribution >= 4 is 0 Å². The second kappa shape index (κ2) is 2.73. The maximum absolute atomic E-state index is 10.3. The van der Waals surface area contributed by atoms with Gasteiger partial charge in [-0.25, -0.2) is 0 Å². The van der Waals surface area contributed by atoms with Crippen molar-refractivity contribution in [3.05, 3.63) is 0 Å². The Morgan fingerprint density at radius 3 is 2.17 bits per heavy atom. The van der Waals surface area contributed by atoms with Gasteiger partial charge in [0.15, 0.2) is 0 Å². The highest BCUT2D eigenvalue weighted by molar-refractivity contribution is 5.03. The van der Waals surface area contributed by atoms with Crippen molar-refractivity contribution in [1.82, 2.24) is 0 Å². The van der Waals surface area contributed by atoms with Gasteiger partial charge < -0.3 is 5.11 Å². The Labute approximate surface area is 75.2 Å². The van der Waals surface area contributed by atoms with Gasteiger partial charge in [-0.15, -0.1) is 0 Å². The zero-order valence-corrected chi connectivity index (χ0v) is 8.21. The number of rotatable bonds is 1. The zero-order chi connectivity index (χ0) is 8.77. The monoisotopic (exact) mass is 168 g/mol. The van der Waals surface area contributed by atoms with Crippen LogP contribution >= 0.6 is 0 Å². The molecule has 1 heteroatoms. The number of hydrogen-bond donors (Lipinski definition) is 1. The highest BCUT2D eigenvalue weighted by Gasteiger charge is 2.52. The van der Waals surface area contributed by atoms with Crippen LogP contribution in [0.25, 0.3) is 0 Å². The third-order valence-corrected chi connectivity index (χ3v) is 4.35. The highest BCUT2D eigenvalue weighted by atomic mass is 16.3. The van der Waals surface area contributed by atoms with E-state index in [9.17, 15) is 5.11 Å². The van der Waals surface area contributed by atoms with Crippen LogP contribution < -0.4 is 0 Å². The molecule has 1 N–H and O–H groups in total. The molecule has 0 spiro atoms. The van der Waals surface area contributed by atoms with Crippen LogP contribution in [0, 0.1) is 17.8 Å². The van der Waals surface area contributed by atoms with Crippen LogP contribution in [0.3, 0.4) is 0 Å². The van der Waals surface area contributed by atoms with Crippen LogP contribution in [-0.2, 0) is 0 Å². The summed E-state index contributed by atoms with van der Waals surface area (Å²) in [5, 5.41) is 10.3. The van der Waals surface area contributed by atoms with Gasteiger partial charge in [0.1, 0.15) is 0 Å². The molecule has 2 saturated carbocycles. The molecule has 2 rings (SSSR count). The smallest absolute Gasteiger partial charge is 0.0706 e. The van der Waals surface area contributed by atoms with E-state index >= 15 is 0 Å². The predicted octanol–water partition coefficient (Wildman–Crippen LogP) is 2.58. The summed E-state index contributed by atoms with van der Waals surface area (Å²) in [7, 11) is 0. The number of hydrogen-bond acceptors (Lipinski definition) is 1. The maximum Gasteiger partial charge on any atom is 0.0706 e. The van der Waals surface area contributed by atoms with Crippen molar-refractivity contribution in [2.24, 2.45) is 17.8 Å². The van der Waals surface area contributed by atoms with Gasteiger partial charge in [0.2, 0.25) is 0 Å². The van der Waals surface area contributed by atoms with E-state index in [4.69, 9.17) is 0 Å². The molecule has 0 aromatic heterocycles. The third-order valence-electron chi connectivity index (χ3n) is 4.35. The molecule has 0 aromatic rings. The van der Waals surface area contributed by atoms with Gasteiger partial charge in [-0.2, -0.15) is 0 Å². The fourth-order valence-corrected chi connectivity index (χ4v) is 3.17. The van der Waals surface area contributed by atoms with Gasteiger partial charge >= 0.3 is 0 Å². The molecule has 0 amide bonds. The Morgan fingerprint density at radius 1 is 1.17 bits per heavy atom. The topological polar surface area (TPSA) is 20.2 Å². The Kier molecular flexibility index (Phi) is 1.95.